The van der Waals surface area contributed by atoms with Crippen molar-refractivity contribution in [3.63, 3.8) is 0 Å². The van der Waals surface area contributed by atoms with Crippen LogP contribution in [0, 0.1) is 0 Å². The summed E-state index contributed by atoms with van der Waals surface area (Å²) < 4.78 is 34.6. The van der Waals surface area contributed by atoms with Crippen molar-refractivity contribution in [2.75, 3.05) is 26.2 Å². The fourth-order valence-corrected chi connectivity index (χ4v) is 5.43. The summed E-state index contributed by atoms with van der Waals surface area (Å²) in [6.07, 6.45) is 3.13. The van der Waals surface area contributed by atoms with Crippen LogP contribution >= 0.6 is 12.4 Å². The molecule has 6 nitrogen and oxygen atoms in total. The highest BCUT2D eigenvalue weighted by Gasteiger charge is 2.39. The number of hydrogen-bond acceptors (Lipinski definition) is 4. The van der Waals surface area contributed by atoms with E-state index in [2.05, 4.69) is 5.32 Å². The van der Waals surface area contributed by atoms with Crippen molar-refractivity contribution in [2.45, 2.75) is 57.4 Å². The van der Waals surface area contributed by atoms with Gasteiger partial charge in [0.05, 0.1) is 12.2 Å². The van der Waals surface area contributed by atoms with Crippen molar-refractivity contribution < 1.29 is 13.2 Å². The maximum absolute atomic E-state index is 12.8. The monoisotopic (exact) mass is 339 g/mol. The fraction of sp³-hybridized carbons (Fsp3) is 1.00. The Labute approximate surface area is 133 Å². The fourth-order valence-electron chi connectivity index (χ4n) is 3.60. The van der Waals surface area contributed by atoms with E-state index in [0.29, 0.717) is 38.3 Å². The molecule has 4 atom stereocenters. The molecule has 0 amide bonds. The molecule has 1 N–H and O–H groups in total. The van der Waals surface area contributed by atoms with E-state index in [-0.39, 0.29) is 24.6 Å². The quantitative estimate of drug-likeness (QED) is 0.800. The van der Waals surface area contributed by atoms with Crippen LogP contribution in [-0.2, 0) is 14.9 Å². The molecule has 21 heavy (non-hydrogen) atoms. The zero-order valence-corrected chi connectivity index (χ0v) is 14.3. The number of halogens is 1. The van der Waals surface area contributed by atoms with Gasteiger partial charge in [-0.05, 0) is 33.1 Å². The zero-order valence-electron chi connectivity index (χ0n) is 12.7. The number of rotatable bonds is 2. The lowest BCUT2D eigenvalue weighted by molar-refractivity contribution is -0.0454. The Morgan fingerprint density at radius 3 is 2.24 bits per heavy atom. The van der Waals surface area contributed by atoms with Crippen LogP contribution in [0.5, 0.6) is 0 Å². The van der Waals surface area contributed by atoms with E-state index < -0.39 is 10.2 Å². The summed E-state index contributed by atoms with van der Waals surface area (Å²) in [4.78, 5) is 0. The van der Waals surface area contributed by atoms with Gasteiger partial charge in [0.2, 0.25) is 0 Å². The molecule has 0 saturated carbocycles. The number of nitrogens with one attached hydrogen (secondary N) is 1. The van der Waals surface area contributed by atoms with Gasteiger partial charge in [0.25, 0.3) is 10.2 Å². The van der Waals surface area contributed by atoms with Crippen molar-refractivity contribution in [1.29, 1.82) is 0 Å². The van der Waals surface area contributed by atoms with Gasteiger partial charge in [0.1, 0.15) is 0 Å². The van der Waals surface area contributed by atoms with Crippen LogP contribution in [0.4, 0.5) is 0 Å². The Bertz CT molecular complexity index is 452. The average molecular weight is 340 g/mol. The van der Waals surface area contributed by atoms with Gasteiger partial charge in [0.15, 0.2) is 0 Å². The van der Waals surface area contributed by atoms with Crippen molar-refractivity contribution in [1.82, 2.24) is 13.9 Å². The lowest BCUT2D eigenvalue weighted by atomic mass is 10.1. The third-order valence-electron chi connectivity index (χ3n) is 4.52. The zero-order chi connectivity index (χ0) is 14.3. The Morgan fingerprint density at radius 2 is 1.57 bits per heavy atom. The van der Waals surface area contributed by atoms with E-state index in [4.69, 9.17) is 4.74 Å². The van der Waals surface area contributed by atoms with Crippen LogP contribution in [0.1, 0.15) is 33.1 Å². The largest absolute Gasteiger partial charge is 0.373 e. The van der Waals surface area contributed by atoms with Crippen LogP contribution in [0.2, 0.25) is 0 Å². The minimum Gasteiger partial charge on any atom is -0.373 e. The average Bonchev–Trinajstić information content (AvgIpc) is 2.67. The van der Waals surface area contributed by atoms with Gasteiger partial charge in [-0.1, -0.05) is 0 Å². The molecule has 124 valence electrons. The first kappa shape index (κ1) is 17.4. The highest BCUT2D eigenvalue weighted by molar-refractivity contribution is 7.86. The van der Waals surface area contributed by atoms with Crippen molar-refractivity contribution >= 4 is 22.6 Å². The number of nitrogens with zero attached hydrogens (tertiary/aromatic N) is 2. The van der Waals surface area contributed by atoms with Gasteiger partial charge in [-0.25, -0.2) is 0 Å². The lowest BCUT2D eigenvalue weighted by Gasteiger charge is -2.37. The van der Waals surface area contributed by atoms with Crippen molar-refractivity contribution in [2.24, 2.45) is 0 Å². The third kappa shape index (κ3) is 3.71. The van der Waals surface area contributed by atoms with E-state index in [1.165, 1.54) is 6.42 Å². The van der Waals surface area contributed by atoms with Gasteiger partial charge >= 0.3 is 0 Å². The molecule has 3 rings (SSSR count). The molecule has 0 aromatic carbocycles. The van der Waals surface area contributed by atoms with Gasteiger partial charge < -0.3 is 10.1 Å². The van der Waals surface area contributed by atoms with Gasteiger partial charge in [-0.2, -0.15) is 17.0 Å². The Hall–Kier alpha value is 0.0800. The maximum atomic E-state index is 12.8. The van der Waals surface area contributed by atoms with Crippen LogP contribution in [0.25, 0.3) is 0 Å². The number of hydrogen-bond donors (Lipinski definition) is 1. The summed E-state index contributed by atoms with van der Waals surface area (Å²) in [5.41, 5.74) is 0. The molecule has 0 radical (unpaired) electrons. The molecule has 0 aromatic rings. The number of fused-ring (bicyclic) bond motifs is 2. The minimum atomic E-state index is -3.35. The molecule has 0 aromatic heterocycles. The molecule has 3 heterocycles. The van der Waals surface area contributed by atoms with Crippen LogP contribution in [0.15, 0.2) is 0 Å². The first-order valence-corrected chi connectivity index (χ1v) is 9.01. The summed E-state index contributed by atoms with van der Waals surface area (Å²) in [5, 5.41) is 3.53. The number of morpholine rings is 1. The minimum absolute atomic E-state index is 0. The molecular weight excluding hydrogens is 314 g/mol. The second-order valence-electron chi connectivity index (χ2n) is 6.37. The first-order valence-electron chi connectivity index (χ1n) is 7.62. The Kier molecular flexibility index (Phi) is 5.55. The molecule has 8 heteroatoms. The van der Waals surface area contributed by atoms with Crippen molar-refractivity contribution in [3.05, 3.63) is 0 Å². The van der Waals surface area contributed by atoms with E-state index in [1.807, 2.05) is 13.8 Å². The number of ether oxygens (including phenoxy) is 1. The van der Waals surface area contributed by atoms with Crippen LogP contribution in [0.3, 0.4) is 0 Å². The van der Waals surface area contributed by atoms with Gasteiger partial charge in [0, 0.05) is 38.3 Å². The first-order chi connectivity index (χ1) is 9.45. The van der Waals surface area contributed by atoms with Crippen molar-refractivity contribution in [3.8, 4) is 0 Å². The summed E-state index contributed by atoms with van der Waals surface area (Å²) >= 11 is 0. The molecule has 2 bridgehead atoms. The third-order valence-corrected chi connectivity index (χ3v) is 6.46. The highest BCUT2D eigenvalue weighted by atomic mass is 35.5. The smallest absolute Gasteiger partial charge is 0.282 e. The lowest BCUT2D eigenvalue weighted by Crippen LogP contribution is -2.54. The second-order valence-corrected chi connectivity index (χ2v) is 8.30. The predicted octanol–water partition coefficient (Wildman–Crippen LogP) is 0.589. The molecule has 4 unspecified atom stereocenters. The molecule has 3 aliphatic heterocycles. The van der Waals surface area contributed by atoms with Crippen LogP contribution in [-0.4, -0.2) is 67.5 Å². The molecule has 3 saturated heterocycles. The summed E-state index contributed by atoms with van der Waals surface area (Å²) in [5.74, 6) is 0. The summed E-state index contributed by atoms with van der Waals surface area (Å²) in [6, 6.07) is 0.830. The SMILES string of the molecule is CC1CN(S(=O)(=O)N2CCC3CCC(C2)N3)CC(C)O1.Cl. The van der Waals surface area contributed by atoms with E-state index in [0.717, 1.165) is 12.8 Å². The van der Waals surface area contributed by atoms with E-state index in [9.17, 15) is 8.42 Å². The Morgan fingerprint density at radius 1 is 0.952 bits per heavy atom. The summed E-state index contributed by atoms with van der Waals surface area (Å²) in [7, 11) is -3.35. The Balaban J connectivity index is 0.00000161. The van der Waals surface area contributed by atoms with E-state index >= 15 is 0 Å². The highest BCUT2D eigenvalue weighted by Crippen LogP contribution is 2.24. The molecule has 3 aliphatic rings. The van der Waals surface area contributed by atoms with E-state index in [1.54, 1.807) is 8.61 Å². The standard InChI is InChI=1S/C13H25N3O3S.ClH/c1-10-7-16(8-11(2)19-10)20(17,18)15-6-5-12-3-4-13(9-15)14-12;/h10-14H,3-9H2,1-2H3;1H. The normalized spacial score (nSPS) is 38.8. The summed E-state index contributed by atoms with van der Waals surface area (Å²) in [6.45, 7) is 6.04. The predicted molar refractivity (Wildman–Crippen MR) is 83.9 cm³/mol. The molecule has 0 spiro atoms. The van der Waals surface area contributed by atoms with Crippen LogP contribution < -0.4 is 5.32 Å². The maximum Gasteiger partial charge on any atom is 0.282 e. The topological polar surface area (TPSA) is 61.9 Å². The molecule has 3 fully saturated rings. The molecular formula is C13H26ClN3O3S. The molecule has 0 aliphatic carbocycles. The van der Waals surface area contributed by atoms with Gasteiger partial charge in [-0.15, -0.1) is 12.4 Å². The van der Waals surface area contributed by atoms with Gasteiger partial charge in [-0.3, -0.25) is 0 Å². The second kappa shape index (κ2) is 6.68.